The number of carbonyl (C=O) groups excluding carboxylic acids is 2. The van der Waals surface area contributed by atoms with Crippen molar-refractivity contribution in [1.29, 1.82) is 0 Å². The van der Waals surface area contributed by atoms with E-state index in [9.17, 15) is 14.4 Å². The van der Waals surface area contributed by atoms with Crippen LogP contribution in [0.4, 0.5) is 4.79 Å². The molecule has 138 valence electrons. The van der Waals surface area contributed by atoms with Crippen LogP contribution in [0.15, 0.2) is 45.7 Å². The van der Waals surface area contributed by atoms with Gasteiger partial charge in [0.1, 0.15) is 5.76 Å². The fraction of sp³-hybridized carbons (Fsp3) is 0.389. The lowest BCUT2D eigenvalue weighted by atomic mass is 10.3. The van der Waals surface area contributed by atoms with Gasteiger partial charge in [0, 0.05) is 38.4 Å². The molecule has 2 aromatic heterocycles. The number of carbonyl (C=O) groups is 2. The van der Waals surface area contributed by atoms with Gasteiger partial charge in [-0.2, -0.15) is 0 Å². The summed E-state index contributed by atoms with van der Waals surface area (Å²) in [5.74, 6) is 0.542. The summed E-state index contributed by atoms with van der Waals surface area (Å²) in [6.45, 7) is 4.06. The molecule has 0 atom stereocenters. The van der Waals surface area contributed by atoms with E-state index in [1.807, 2.05) is 0 Å². The first-order valence-corrected chi connectivity index (χ1v) is 8.53. The van der Waals surface area contributed by atoms with E-state index in [1.165, 1.54) is 10.6 Å². The molecule has 0 bridgehead atoms. The monoisotopic (exact) mass is 359 g/mol. The van der Waals surface area contributed by atoms with E-state index in [0.717, 1.165) is 0 Å². The molecule has 1 aliphatic heterocycles. The van der Waals surface area contributed by atoms with Gasteiger partial charge < -0.3 is 23.5 Å². The zero-order valence-electron chi connectivity index (χ0n) is 14.6. The number of aromatic nitrogens is 1. The molecule has 0 saturated carbocycles. The van der Waals surface area contributed by atoms with Crippen LogP contribution in [0.1, 0.15) is 23.2 Å². The molecule has 0 radical (unpaired) electrons. The molecule has 26 heavy (non-hydrogen) atoms. The van der Waals surface area contributed by atoms with Crippen LogP contribution in [0.5, 0.6) is 0 Å². The minimum Gasteiger partial charge on any atom is -0.454 e. The zero-order valence-corrected chi connectivity index (χ0v) is 14.6. The van der Waals surface area contributed by atoms with Gasteiger partial charge in [0.05, 0.1) is 13.2 Å². The van der Waals surface area contributed by atoms with Gasteiger partial charge in [-0.15, -0.1) is 0 Å². The topological polar surface area (TPSA) is 85.0 Å². The largest absolute Gasteiger partial charge is 0.454 e. The molecule has 2 amide bonds. The third-order valence-electron chi connectivity index (χ3n) is 4.19. The summed E-state index contributed by atoms with van der Waals surface area (Å²) in [5.41, 5.74) is -0.133. The van der Waals surface area contributed by atoms with Crippen molar-refractivity contribution in [2.75, 3.05) is 32.8 Å². The predicted octanol–water partition coefficient (Wildman–Crippen LogP) is 1.40. The highest BCUT2D eigenvalue weighted by Crippen LogP contribution is 2.14. The van der Waals surface area contributed by atoms with Gasteiger partial charge in [0.25, 0.3) is 11.5 Å². The van der Waals surface area contributed by atoms with Crippen molar-refractivity contribution in [2.45, 2.75) is 13.5 Å². The Morgan fingerprint density at radius 1 is 1.08 bits per heavy atom. The van der Waals surface area contributed by atoms with Crippen LogP contribution >= 0.6 is 0 Å². The summed E-state index contributed by atoms with van der Waals surface area (Å²) in [7, 11) is 0. The maximum absolute atomic E-state index is 12.6. The van der Waals surface area contributed by atoms with Crippen molar-refractivity contribution in [3.63, 3.8) is 0 Å². The van der Waals surface area contributed by atoms with Crippen LogP contribution in [0, 0.1) is 0 Å². The van der Waals surface area contributed by atoms with Gasteiger partial charge in [-0.3, -0.25) is 9.59 Å². The highest BCUT2D eigenvalue weighted by atomic mass is 16.6. The number of furan rings is 1. The first kappa shape index (κ1) is 17.8. The summed E-state index contributed by atoms with van der Waals surface area (Å²) >= 11 is 0. The first-order valence-electron chi connectivity index (χ1n) is 8.53. The average Bonchev–Trinajstić information content (AvgIpc) is 3.12. The lowest BCUT2D eigenvalue weighted by Crippen LogP contribution is -2.50. The molecule has 8 nitrogen and oxygen atoms in total. The van der Waals surface area contributed by atoms with E-state index in [0.29, 0.717) is 38.5 Å². The molecule has 0 spiro atoms. The van der Waals surface area contributed by atoms with Gasteiger partial charge in [0.15, 0.2) is 5.76 Å². The molecule has 0 N–H and O–H groups in total. The minimum atomic E-state index is -0.354. The third-order valence-corrected chi connectivity index (χ3v) is 4.19. The Morgan fingerprint density at radius 2 is 1.81 bits per heavy atom. The van der Waals surface area contributed by atoms with Crippen molar-refractivity contribution in [1.82, 2.24) is 14.4 Å². The second kappa shape index (κ2) is 7.90. The molecular formula is C18H21N3O5. The van der Waals surface area contributed by atoms with E-state index in [-0.39, 0.29) is 29.9 Å². The van der Waals surface area contributed by atoms with E-state index >= 15 is 0 Å². The fourth-order valence-corrected chi connectivity index (χ4v) is 2.80. The fourth-order valence-electron chi connectivity index (χ4n) is 2.80. The minimum absolute atomic E-state index is 0.133. The molecule has 1 fully saturated rings. The Kier molecular flexibility index (Phi) is 5.40. The SMILES string of the molecule is CCOC(=O)N1CCN(C(=O)c2ccc(Cn3ccccc3=O)o2)CC1. The lowest BCUT2D eigenvalue weighted by Gasteiger charge is -2.33. The quantitative estimate of drug-likeness (QED) is 0.824. The standard InChI is InChI=1S/C18H21N3O5/c1-2-25-18(24)20-11-9-19(10-12-20)17(23)15-7-6-14(26-15)13-21-8-4-3-5-16(21)22/h3-8H,2,9-13H2,1H3. The molecule has 0 aromatic carbocycles. The van der Waals surface area contributed by atoms with Gasteiger partial charge in [-0.1, -0.05) is 6.07 Å². The predicted molar refractivity (Wildman–Crippen MR) is 93.0 cm³/mol. The number of amides is 2. The Labute approximate surface area is 150 Å². The summed E-state index contributed by atoms with van der Waals surface area (Å²) in [5, 5.41) is 0. The van der Waals surface area contributed by atoms with Gasteiger partial charge in [-0.05, 0) is 25.1 Å². The molecule has 1 saturated heterocycles. The van der Waals surface area contributed by atoms with E-state index in [2.05, 4.69) is 0 Å². The summed E-state index contributed by atoms with van der Waals surface area (Å²) in [4.78, 5) is 39.2. The number of nitrogens with zero attached hydrogens (tertiary/aromatic N) is 3. The van der Waals surface area contributed by atoms with Crippen LogP contribution in [-0.2, 0) is 11.3 Å². The van der Waals surface area contributed by atoms with Gasteiger partial charge in [-0.25, -0.2) is 4.79 Å². The molecule has 0 unspecified atom stereocenters. The average molecular weight is 359 g/mol. The van der Waals surface area contributed by atoms with Crippen LogP contribution in [0.2, 0.25) is 0 Å². The Morgan fingerprint density at radius 3 is 2.50 bits per heavy atom. The molecule has 1 aliphatic rings. The van der Waals surface area contributed by atoms with Crippen LogP contribution in [-0.4, -0.2) is 59.2 Å². The van der Waals surface area contributed by atoms with E-state index in [4.69, 9.17) is 9.15 Å². The normalized spacial score (nSPS) is 14.3. The van der Waals surface area contributed by atoms with Crippen molar-refractivity contribution in [3.05, 3.63) is 58.4 Å². The molecule has 0 aliphatic carbocycles. The highest BCUT2D eigenvalue weighted by Gasteiger charge is 2.27. The second-order valence-corrected chi connectivity index (χ2v) is 5.91. The Bertz CT molecular complexity index is 833. The number of piperazine rings is 1. The van der Waals surface area contributed by atoms with Crippen molar-refractivity contribution in [2.24, 2.45) is 0 Å². The number of hydrogen-bond donors (Lipinski definition) is 0. The van der Waals surface area contributed by atoms with Gasteiger partial charge in [0.2, 0.25) is 0 Å². The maximum Gasteiger partial charge on any atom is 0.409 e. The Balaban J connectivity index is 1.60. The highest BCUT2D eigenvalue weighted by molar-refractivity contribution is 5.91. The Hall–Kier alpha value is -3.03. The number of ether oxygens (including phenoxy) is 1. The summed E-state index contributed by atoms with van der Waals surface area (Å²) in [6.07, 6.45) is 1.31. The molecule has 8 heteroatoms. The van der Waals surface area contributed by atoms with Crippen LogP contribution in [0.25, 0.3) is 0 Å². The van der Waals surface area contributed by atoms with Crippen molar-refractivity contribution >= 4 is 12.0 Å². The lowest BCUT2D eigenvalue weighted by molar-refractivity contribution is 0.0545. The summed E-state index contributed by atoms with van der Waals surface area (Å²) in [6, 6.07) is 8.22. The molecule has 3 heterocycles. The zero-order chi connectivity index (χ0) is 18.5. The third kappa shape index (κ3) is 3.96. The molecular weight excluding hydrogens is 338 g/mol. The molecule has 2 aromatic rings. The number of rotatable bonds is 4. The first-order chi connectivity index (χ1) is 12.6. The number of pyridine rings is 1. The smallest absolute Gasteiger partial charge is 0.409 e. The molecule has 3 rings (SSSR count). The second-order valence-electron chi connectivity index (χ2n) is 5.91. The van der Waals surface area contributed by atoms with Gasteiger partial charge >= 0.3 is 6.09 Å². The van der Waals surface area contributed by atoms with Crippen molar-refractivity contribution < 1.29 is 18.7 Å². The van der Waals surface area contributed by atoms with E-state index in [1.54, 1.807) is 47.2 Å². The van der Waals surface area contributed by atoms with Crippen LogP contribution in [0.3, 0.4) is 0 Å². The van der Waals surface area contributed by atoms with Crippen molar-refractivity contribution in [3.8, 4) is 0 Å². The summed E-state index contributed by atoms with van der Waals surface area (Å²) < 4.78 is 12.1. The maximum atomic E-state index is 12.6. The number of hydrogen-bond acceptors (Lipinski definition) is 5. The van der Waals surface area contributed by atoms with Crippen LogP contribution < -0.4 is 5.56 Å². The van der Waals surface area contributed by atoms with E-state index < -0.39 is 0 Å².